The van der Waals surface area contributed by atoms with Gasteiger partial charge in [0.25, 0.3) is 0 Å². The van der Waals surface area contributed by atoms with Crippen molar-refractivity contribution in [3.63, 3.8) is 0 Å². The average molecular weight is 367 g/mol. The second-order valence-electron chi connectivity index (χ2n) is 7.35. The molecule has 0 atom stereocenters. The van der Waals surface area contributed by atoms with Crippen molar-refractivity contribution in [2.24, 2.45) is 5.92 Å². The summed E-state index contributed by atoms with van der Waals surface area (Å²) in [4.78, 5) is 13.7. The quantitative estimate of drug-likeness (QED) is 0.807. The first-order chi connectivity index (χ1) is 11.9. The summed E-state index contributed by atoms with van der Waals surface area (Å²) in [6.07, 6.45) is 4.77. The number of hydrogen-bond acceptors (Lipinski definition) is 3. The third kappa shape index (κ3) is 4.04. The normalized spacial score (nSPS) is 24.8. The number of quaternary nitrogens is 1. The standard InChI is InChI=1S/C18H27N3O3S/c1-20-12-10-16(11-13-20)21(2)25(23,24)17-8-6-15(7-9-17)19-18(22)14-4-3-5-14/h6-9,14,16H,3-5,10-13H2,1-2H3,(H,19,22)/p+1. The van der Waals surface area contributed by atoms with E-state index < -0.39 is 10.0 Å². The number of carbonyl (C=O) groups is 1. The molecule has 3 rings (SSSR count). The first-order valence-corrected chi connectivity index (χ1v) is 10.5. The van der Waals surface area contributed by atoms with Gasteiger partial charge >= 0.3 is 0 Å². The summed E-state index contributed by atoms with van der Waals surface area (Å²) in [5.74, 6) is 0.147. The number of nitrogens with one attached hydrogen (secondary N) is 2. The number of likely N-dealkylation sites (tertiary alicyclic amines) is 1. The molecule has 6 nitrogen and oxygen atoms in total. The van der Waals surface area contributed by atoms with Gasteiger partial charge in [0.2, 0.25) is 15.9 Å². The third-order valence-corrected chi connectivity index (χ3v) is 7.52. The highest BCUT2D eigenvalue weighted by Crippen LogP contribution is 2.28. The summed E-state index contributed by atoms with van der Waals surface area (Å²) in [5, 5.41) is 2.87. The molecule has 0 spiro atoms. The van der Waals surface area contributed by atoms with Gasteiger partial charge in [-0.15, -0.1) is 0 Å². The number of anilines is 1. The van der Waals surface area contributed by atoms with E-state index >= 15 is 0 Å². The van der Waals surface area contributed by atoms with E-state index in [4.69, 9.17) is 0 Å². The largest absolute Gasteiger partial charge is 0.337 e. The highest BCUT2D eigenvalue weighted by atomic mass is 32.2. The molecule has 0 radical (unpaired) electrons. The van der Waals surface area contributed by atoms with Crippen molar-refractivity contribution in [1.29, 1.82) is 0 Å². The number of sulfonamides is 1. The monoisotopic (exact) mass is 366 g/mol. The van der Waals surface area contributed by atoms with Crippen LogP contribution in [0.25, 0.3) is 0 Å². The van der Waals surface area contributed by atoms with Crippen molar-refractivity contribution in [2.75, 3.05) is 32.5 Å². The molecule has 2 N–H and O–H groups in total. The van der Waals surface area contributed by atoms with E-state index in [1.165, 1.54) is 9.21 Å². The Kier molecular flexibility index (Phi) is 5.46. The average Bonchev–Trinajstić information content (AvgIpc) is 2.53. The van der Waals surface area contributed by atoms with E-state index in [9.17, 15) is 13.2 Å². The van der Waals surface area contributed by atoms with Gasteiger partial charge in [0.05, 0.1) is 25.0 Å². The lowest BCUT2D eigenvalue weighted by Gasteiger charge is -2.32. The second-order valence-corrected chi connectivity index (χ2v) is 9.35. The Morgan fingerprint density at radius 2 is 1.72 bits per heavy atom. The molecule has 1 aliphatic carbocycles. The zero-order chi connectivity index (χ0) is 18.0. The van der Waals surface area contributed by atoms with E-state index in [2.05, 4.69) is 12.4 Å². The molecule has 138 valence electrons. The Morgan fingerprint density at radius 1 is 1.12 bits per heavy atom. The van der Waals surface area contributed by atoms with Gasteiger partial charge in [-0.2, -0.15) is 4.31 Å². The Hall–Kier alpha value is -1.44. The third-order valence-electron chi connectivity index (χ3n) is 5.60. The Labute approximate surface area is 150 Å². The summed E-state index contributed by atoms with van der Waals surface area (Å²) in [5.41, 5.74) is 0.654. The molecule has 2 fully saturated rings. The minimum absolute atomic E-state index is 0.0350. The molecule has 1 saturated heterocycles. The lowest BCUT2D eigenvalue weighted by atomic mass is 9.85. The molecule has 1 aliphatic heterocycles. The van der Waals surface area contributed by atoms with Gasteiger partial charge in [0.1, 0.15) is 0 Å². The minimum Gasteiger partial charge on any atom is -0.337 e. The van der Waals surface area contributed by atoms with Gasteiger partial charge < -0.3 is 10.2 Å². The fourth-order valence-corrected chi connectivity index (χ4v) is 4.86. The van der Waals surface area contributed by atoms with Crippen LogP contribution in [-0.4, -0.2) is 51.9 Å². The highest BCUT2D eigenvalue weighted by molar-refractivity contribution is 7.89. The van der Waals surface area contributed by atoms with E-state index in [1.807, 2.05) is 0 Å². The van der Waals surface area contributed by atoms with Gasteiger partial charge in [-0.05, 0) is 37.1 Å². The van der Waals surface area contributed by atoms with E-state index in [-0.39, 0.29) is 22.8 Å². The lowest BCUT2D eigenvalue weighted by Crippen LogP contribution is -3.10. The van der Waals surface area contributed by atoms with Crippen molar-refractivity contribution < 1.29 is 18.1 Å². The van der Waals surface area contributed by atoms with Crippen LogP contribution in [0.4, 0.5) is 5.69 Å². The maximum absolute atomic E-state index is 12.8. The summed E-state index contributed by atoms with van der Waals surface area (Å²) < 4.78 is 27.2. The van der Waals surface area contributed by atoms with E-state index in [0.29, 0.717) is 5.69 Å². The second kappa shape index (κ2) is 7.43. The zero-order valence-corrected chi connectivity index (χ0v) is 15.8. The molecule has 1 aromatic rings. The van der Waals surface area contributed by atoms with Crippen molar-refractivity contribution in [1.82, 2.24) is 4.31 Å². The molecule has 0 unspecified atom stereocenters. The van der Waals surface area contributed by atoms with Crippen LogP contribution in [0.15, 0.2) is 29.2 Å². The van der Waals surface area contributed by atoms with Crippen LogP contribution in [-0.2, 0) is 14.8 Å². The van der Waals surface area contributed by atoms with Crippen LogP contribution in [0.3, 0.4) is 0 Å². The molecule has 1 amide bonds. The molecule has 1 aromatic carbocycles. The zero-order valence-electron chi connectivity index (χ0n) is 15.0. The van der Waals surface area contributed by atoms with Crippen LogP contribution in [0.2, 0.25) is 0 Å². The van der Waals surface area contributed by atoms with Gasteiger partial charge in [-0.3, -0.25) is 4.79 Å². The number of benzene rings is 1. The molecule has 25 heavy (non-hydrogen) atoms. The van der Waals surface area contributed by atoms with Crippen molar-refractivity contribution >= 4 is 21.6 Å². The maximum atomic E-state index is 12.8. The number of carbonyl (C=O) groups excluding carboxylic acids is 1. The Morgan fingerprint density at radius 3 is 2.24 bits per heavy atom. The molecule has 0 aromatic heterocycles. The minimum atomic E-state index is -3.50. The highest BCUT2D eigenvalue weighted by Gasteiger charge is 2.31. The van der Waals surface area contributed by atoms with Crippen molar-refractivity contribution in [2.45, 2.75) is 43.0 Å². The molecule has 1 heterocycles. The molecular weight excluding hydrogens is 338 g/mol. The van der Waals surface area contributed by atoms with Crippen LogP contribution in [0, 0.1) is 5.92 Å². The molecule has 0 bridgehead atoms. The number of piperidine rings is 1. The predicted octanol–water partition coefficient (Wildman–Crippen LogP) is 0.723. The number of amides is 1. The fourth-order valence-electron chi connectivity index (χ4n) is 3.45. The summed E-state index contributed by atoms with van der Waals surface area (Å²) in [7, 11) is 0.314. The van der Waals surface area contributed by atoms with E-state index in [1.54, 1.807) is 31.3 Å². The SMILES string of the molecule is CN(C1CC[NH+](C)CC1)S(=O)(=O)c1ccc(NC(=O)C2CCC2)cc1. The topological polar surface area (TPSA) is 70.9 Å². The lowest BCUT2D eigenvalue weighted by molar-refractivity contribution is -0.885. The fraction of sp³-hybridized carbons (Fsp3) is 0.611. The van der Waals surface area contributed by atoms with Crippen molar-refractivity contribution in [3.8, 4) is 0 Å². The van der Waals surface area contributed by atoms with E-state index in [0.717, 1.165) is 45.2 Å². The summed E-state index contributed by atoms with van der Waals surface area (Å²) in [6.45, 7) is 1.99. The Bertz CT molecular complexity index is 706. The Balaban J connectivity index is 1.66. The van der Waals surface area contributed by atoms with Gasteiger partial charge in [0, 0.05) is 37.5 Å². The first kappa shape index (κ1) is 18.4. The number of hydrogen-bond donors (Lipinski definition) is 2. The van der Waals surface area contributed by atoms with Gasteiger partial charge in [-0.1, -0.05) is 6.42 Å². The van der Waals surface area contributed by atoms with Crippen LogP contribution in [0.1, 0.15) is 32.1 Å². The van der Waals surface area contributed by atoms with Gasteiger partial charge in [0.15, 0.2) is 0 Å². The predicted molar refractivity (Wildman–Crippen MR) is 97.0 cm³/mol. The number of rotatable bonds is 5. The number of nitrogens with zero attached hydrogens (tertiary/aromatic N) is 1. The smallest absolute Gasteiger partial charge is 0.243 e. The maximum Gasteiger partial charge on any atom is 0.243 e. The molecule has 2 aliphatic rings. The van der Waals surface area contributed by atoms with Crippen molar-refractivity contribution in [3.05, 3.63) is 24.3 Å². The summed E-state index contributed by atoms with van der Waals surface area (Å²) in [6, 6.07) is 6.59. The molecular formula is C18H28N3O3S+. The van der Waals surface area contributed by atoms with Crippen LogP contribution in [0.5, 0.6) is 0 Å². The first-order valence-electron chi connectivity index (χ1n) is 9.08. The summed E-state index contributed by atoms with van der Waals surface area (Å²) >= 11 is 0. The molecule has 1 saturated carbocycles. The molecule has 7 heteroatoms. The van der Waals surface area contributed by atoms with Crippen LogP contribution >= 0.6 is 0 Å². The van der Waals surface area contributed by atoms with Gasteiger partial charge in [-0.25, -0.2) is 8.42 Å². The van der Waals surface area contributed by atoms with Crippen LogP contribution < -0.4 is 10.2 Å².